The zero-order valence-electron chi connectivity index (χ0n) is 10.8. The molecular formula is C13H16FN3O2S. The number of morpholine rings is 1. The van der Waals surface area contributed by atoms with E-state index in [9.17, 15) is 9.18 Å². The predicted molar refractivity (Wildman–Crippen MR) is 78.0 cm³/mol. The number of ether oxygens (including phenoxy) is 1. The fourth-order valence-corrected chi connectivity index (χ4v) is 2.13. The van der Waals surface area contributed by atoms with Gasteiger partial charge in [0.25, 0.3) is 0 Å². The number of halogens is 1. The standard InChI is InChI=1S/C13H16FN3O2S/c14-9-2-1-3-10(6-9)16-12(18)8-17-4-5-19-11(7-17)13(15)20/h1-3,6,11H,4-5,7-8H2,(H2,15,20)(H,16,18). The van der Waals surface area contributed by atoms with Crippen LogP contribution in [0.4, 0.5) is 10.1 Å². The molecule has 108 valence electrons. The van der Waals surface area contributed by atoms with Gasteiger partial charge < -0.3 is 15.8 Å². The van der Waals surface area contributed by atoms with Crippen LogP contribution in [0.5, 0.6) is 0 Å². The first-order valence-corrected chi connectivity index (χ1v) is 6.64. The van der Waals surface area contributed by atoms with E-state index in [1.165, 1.54) is 12.1 Å². The van der Waals surface area contributed by atoms with Crippen molar-refractivity contribution < 1.29 is 13.9 Å². The molecule has 1 aliphatic rings. The van der Waals surface area contributed by atoms with Crippen LogP contribution in [0.2, 0.25) is 0 Å². The highest BCUT2D eigenvalue weighted by Gasteiger charge is 2.23. The van der Waals surface area contributed by atoms with Crippen LogP contribution in [0.15, 0.2) is 24.3 Å². The number of nitrogens with zero attached hydrogens (tertiary/aromatic N) is 1. The molecule has 1 heterocycles. The summed E-state index contributed by atoms with van der Waals surface area (Å²) in [6, 6.07) is 5.78. The quantitative estimate of drug-likeness (QED) is 0.803. The molecule has 20 heavy (non-hydrogen) atoms. The second-order valence-corrected chi connectivity index (χ2v) is 5.03. The maximum atomic E-state index is 13.0. The van der Waals surface area contributed by atoms with Crippen LogP contribution in [-0.2, 0) is 9.53 Å². The molecule has 1 fully saturated rings. The molecule has 1 saturated heterocycles. The van der Waals surface area contributed by atoms with Crippen LogP contribution < -0.4 is 11.1 Å². The zero-order chi connectivity index (χ0) is 14.5. The monoisotopic (exact) mass is 297 g/mol. The summed E-state index contributed by atoms with van der Waals surface area (Å²) in [5, 5.41) is 2.65. The van der Waals surface area contributed by atoms with E-state index < -0.39 is 0 Å². The van der Waals surface area contributed by atoms with Crippen LogP contribution in [0.25, 0.3) is 0 Å². The maximum Gasteiger partial charge on any atom is 0.238 e. The summed E-state index contributed by atoms with van der Waals surface area (Å²) in [5.74, 6) is -0.595. The highest BCUT2D eigenvalue weighted by Crippen LogP contribution is 2.10. The number of nitrogens with two attached hydrogens (primary N) is 1. The van der Waals surface area contributed by atoms with E-state index in [1.54, 1.807) is 12.1 Å². The SMILES string of the molecule is NC(=S)C1CN(CC(=O)Nc2cccc(F)c2)CCO1. The minimum Gasteiger partial charge on any atom is -0.391 e. The Labute approximate surface area is 121 Å². The van der Waals surface area contributed by atoms with Gasteiger partial charge in [-0.3, -0.25) is 9.69 Å². The van der Waals surface area contributed by atoms with Gasteiger partial charge in [-0.15, -0.1) is 0 Å². The van der Waals surface area contributed by atoms with Crippen molar-refractivity contribution in [3.05, 3.63) is 30.1 Å². The van der Waals surface area contributed by atoms with Crippen LogP contribution in [0.1, 0.15) is 0 Å². The van der Waals surface area contributed by atoms with Gasteiger partial charge in [-0.2, -0.15) is 0 Å². The van der Waals surface area contributed by atoms with Gasteiger partial charge in [0.05, 0.1) is 13.2 Å². The number of hydrogen-bond donors (Lipinski definition) is 2. The lowest BCUT2D eigenvalue weighted by Gasteiger charge is -2.31. The Hall–Kier alpha value is -1.57. The highest BCUT2D eigenvalue weighted by atomic mass is 32.1. The zero-order valence-corrected chi connectivity index (χ0v) is 11.7. The molecule has 5 nitrogen and oxygen atoms in total. The van der Waals surface area contributed by atoms with Gasteiger partial charge in [-0.05, 0) is 18.2 Å². The number of amides is 1. The Morgan fingerprint density at radius 3 is 3.10 bits per heavy atom. The lowest BCUT2D eigenvalue weighted by Crippen LogP contribution is -2.49. The van der Waals surface area contributed by atoms with Crippen molar-refractivity contribution in [2.24, 2.45) is 5.73 Å². The predicted octanol–water partition coefficient (Wildman–Crippen LogP) is 0.751. The van der Waals surface area contributed by atoms with E-state index >= 15 is 0 Å². The van der Waals surface area contributed by atoms with Gasteiger partial charge in [-0.25, -0.2) is 4.39 Å². The number of thiocarbonyl (C=S) groups is 1. The molecule has 1 atom stereocenters. The number of carbonyl (C=O) groups is 1. The molecule has 1 aromatic carbocycles. The smallest absolute Gasteiger partial charge is 0.238 e. The molecule has 1 unspecified atom stereocenters. The number of anilines is 1. The fourth-order valence-electron chi connectivity index (χ4n) is 1.99. The Bertz CT molecular complexity index is 512. The molecule has 1 aliphatic heterocycles. The molecule has 1 amide bonds. The van der Waals surface area contributed by atoms with E-state index in [0.29, 0.717) is 30.4 Å². The maximum absolute atomic E-state index is 13.0. The molecule has 0 spiro atoms. The normalized spacial score (nSPS) is 19.6. The Balaban J connectivity index is 1.86. The largest absolute Gasteiger partial charge is 0.391 e. The average Bonchev–Trinajstić information content (AvgIpc) is 2.38. The van der Waals surface area contributed by atoms with Crippen LogP contribution in [0.3, 0.4) is 0 Å². The number of benzene rings is 1. The lowest BCUT2D eigenvalue weighted by atomic mass is 10.2. The molecule has 0 aliphatic carbocycles. The fraction of sp³-hybridized carbons (Fsp3) is 0.385. The molecular weight excluding hydrogens is 281 g/mol. The van der Waals surface area contributed by atoms with E-state index in [1.807, 2.05) is 4.90 Å². The summed E-state index contributed by atoms with van der Waals surface area (Å²) in [4.78, 5) is 14.1. The first-order valence-electron chi connectivity index (χ1n) is 6.23. The molecule has 2 rings (SSSR count). The topological polar surface area (TPSA) is 67.6 Å². The lowest BCUT2D eigenvalue weighted by molar-refractivity contribution is -0.118. The van der Waals surface area contributed by atoms with Crippen molar-refractivity contribution >= 4 is 28.8 Å². The van der Waals surface area contributed by atoms with Crippen LogP contribution >= 0.6 is 12.2 Å². The van der Waals surface area contributed by atoms with Crippen molar-refractivity contribution in [3.8, 4) is 0 Å². The van der Waals surface area contributed by atoms with E-state index in [2.05, 4.69) is 5.32 Å². The Kier molecular flexibility index (Phi) is 4.99. The third-order valence-electron chi connectivity index (χ3n) is 2.94. The molecule has 1 aromatic rings. The molecule has 0 radical (unpaired) electrons. The first-order chi connectivity index (χ1) is 9.54. The number of hydrogen-bond acceptors (Lipinski definition) is 4. The van der Waals surface area contributed by atoms with E-state index in [0.717, 1.165) is 0 Å². The summed E-state index contributed by atoms with van der Waals surface area (Å²) in [6.07, 6.45) is -0.319. The van der Waals surface area contributed by atoms with Gasteiger partial charge in [0.1, 0.15) is 16.9 Å². The average molecular weight is 297 g/mol. The first kappa shape index (κ1) is 14.8. The Morgan fingerprint density at radius 1 is 1.60 bits per heavy atom. The minimum absolute atomic E-state index is 0.193. The third kappa shape index (κ3) is 4.22. The van der Waals surface area contributed by atoms with Crippen LogP contribution in [0, 0.1) is 5.82 Å². The van der Waals surface area contributed by atoms with Crippen molar-refractivity contribution in [1.82, 2.24) is 4.90 Å². The third-order valence-corrected chi connectivity index (χ3v) is 3.21. The summed E-state index contributed by atoms with van der Waals surface area (Å²) >= 11 is 4.89. The van der Waals surface area contributed by atoms with Gasteiger partial charge >= 0.3 is 0 Å². The number of carbonyl (C=O) groups excluding carboxylic acids is 1. The van der Waals surface area contributed by atoms with E-state index in [-0.39, 0.29) is 24.4 Å². The highest BCUT2D eigenvalue weighted by molar-refractivity contribution is 7.80. The van der Waals surface area contributed by atoms with Crippen molar-refractivity contribution in [1.29, 1.82) is 0 Å². The van der Waals surface area contributed by atoms with Gasteiger partial charge in [0.15, 0.2) is 0 Å². The van der Waals surface area contributed by atoms with Crippen molar-refractivity contribution in [2.75, 3.05) is 31.6 Å². The van der Waals surface area contributed by atoms with E-state index in [4.69, 9.17) is 22.7 Å². The van der Waals surface area contributed by atoms with Crippen molar-refractivity contribution in [3.63, 3.8) is 0 Å². The summed E-state index contributed by atoms with van der Waals surface area (Å²) in [6.45, 7) is 1.80. The molecule has 3 N–H and O–H groups in total. The number of rotatable bonds is 4. The molecule has 7 heteroatoms. The minimum atomic E-state index is -0.386. The summed E-state index contributed by atoms with van der Waals surface area (Å²) in [7, 11) is 0. The Morgan fingerprint density at radius 2 is 2.40 bits per heavy atom. The second kappa shape index (κ2) is 6.74. The van der Waals surface area contributed by atoms with Gasteiger partial charge in [0, 0.05) is 18.8 Å². The van der Waals surface area contributed by atoms with Gasteiger partial charge in [0.2, 0.25) is 5.91 Å². The molecule has 0 aromatic heterocycles. The second-order valence-electron chi connectivity index (χ2n) is 4.56. The van der Waals surface area contributed by atoms with Crippen molar-refractivity contribution in [2.45, 2.75) is 6.10 Å². The molecule has 0 saturated carbocycles. The van der Waals surface area contributed by atoms with Gasteiger partial charge in [-0.1, -0.05) is 18.3 Å². The molecule has 0 bridgehead atoms. The summed E-state index contributed by atoms with van der Waals surface area (Å²) < 4.78 is 18.4. The van der Waals surface area contributed by atoms with Crippen LogP contribution in [-0.4, -0.2) is 48.1 Å². The summed E-state index contributed by atoms with van der Waals surface area (Å²) in [5.41, 5.74) is 5.98. The number of nitrogens with one attached hydrogen (secondary N) is 1.